The summed E-state index contributed by atoms with van der Waals surface area (Å²) in [7, 11) is 0. The lowest BCUT2D eigenvalue weighted by Crippen LogP contribution is -2.36. The van der Waals surface area contributed by atoms with Gasteiger partial charge in [0.15, 0.2) is 22.5 Å². The summed E-state index contributed by atoms with van der Waals surface area (Å²) >= 11 is 1.38. The van der Waals surface area contributed by atoms with E-state index in [-0.39, 0.29) is 60.5 Å². The highest BCUT2D eigenvalue weighted by Crippen LogP contribution is 2.52. The minimum Gasteiger partial charge on any atom is -0.495 e. The van der Waals surface area contributed by atoms with Crippen LogP contribution in [0.2, 0.25) is 0 Å². The second-order valence-corrected chi connectivity index (χ2v) is 14.6. The molecule has 0 aromatic rings. The maximum absolute atomic E-state index is 12.7. The Morgan fingerprint density at radius 2 is 1.78 bits per heavy atom. The molecule has 242 valence electrons. The molecule has 8 atom stereocenters. The first-order valence-corrected chi connectivity index (χ1v) is 16.9. The number of thiol groups is 1. The van der Waals surface area contributed by atoms with Gasteiger partial charge in [-0.1, -0.05) is 26.5 Å². The molecule has 11 nitrogen and oxygen atoms in total. The van der Waals surface area contributed by atoms with Crippen LogP contribution in [0.15, 0.2) is 69.9 Å². The largest absolute Gasteiger partial charge is 0.495 e. The first-order valence-electron chi connectivity index (χ1n) is 15.8. The average molecular weight is 639 g/mol. The quantitative estimate of drug-likeness (QED) is 0.0957. The van der Waals surface area contributed by atoms with Gasteiger partial charge in [0.2, 0.25) is 5.91 Å². The Balaban J connectivity index is 1.32. The van der Waals surface area contributed by atoms with Crippen molar-refractivity contribution in [1.82, 2.24) is 26.4 Å². The van der Waals surface area contributed by atoms with E-state index >= 15 is 0 Å². The summed E-state index contributed by atoms with van der Waals surface area (Å²) in [5.74, 6) is -0.203. The lowest BCUT2D eigenvalue weighted by molar-refractivity contribution is -0.138. The highest BCUT2D eigenvalue weighted by Gasteiger charge is 2.61. The highest BCUT2D eigenvalue weighted by atomic mass is 32.2. The molecule has 3 saturated heterocycles. The van der Waals surface area contributed by atoms with Crippen LogP contribution in [-0.4, -0.2) is 73.0 Å². The van der Waals surface area contributed by atoms with Crippen LogP contribution in [0.5, 0.6) is 0 Å². The number of hydrogen-bond acceptors (Lipinski definition) is 8. The lowest BCUT2D eigenvalue weighted by Gasteiger charge is -2.23. The van der Waals surface area contributed by atoms with E-state index in [0.717, 1.165) is 45.0 Å². The molecule has 12 heteroatoms. The molecule has 6 rings (SSSR count). The van der Waals surface area contributed by atoms with Gasteiger partial charge < -0.3 is 31.3 Å². The van der Waals surface area contributed by atoms with Crippen LogP contribution < -0.4 is 21.4 Å². The third-order valence-corrected chi connectivity index (χ3v) is 11.7. The number of carbonyl (C=O) groups is 3. The molecule has 0 bridgehead atoms. The summed E-state index contributed by atoms with van der Waals surface area (Å²) in [6.45, 7) is 11.9. The van der Waals surface area contributed by atoms with E-state index in [1.807, 2.05) is 20.8 Å². The number of aliphatic hydroxyl groups excluding tert-OH is 1. The van der Waals surface area contributed by atoms with Crippen molar-refractivity contribution in [2.45, 2.75) is 88.8 Å². The first kappa shape index (κ1) is 31.3. The number of hydrogen-bond donors (Lipinski definition) is 7. The predicted molar refractivity (Wildman–Crippen MR) is 172 cm³/mol. The molecule has 3 unspecified atom stereocenters. The molecular weight excluding hydrogens is 594 g/mol. The fourth-order valence-electron chi connectivity index (χ4n) is 7.84. The number of carbonyl (C=O) groups excluding carboxylic acids is 1. The molecule has 3 fully saturated rings. The minimum atomic E-state index is -0.877. The maximum Gasteiger partial charge on any atom is 0.303 e. The third-order valence-electron chi connectivity index (χ3n) is 10.6. The number of aliphatic carboxylic acids is 2. The second kappa shape index (κ2) is 11.6. The number of aliphatic hydroxyl groups is 1. The van der Waals surface area contributed by atoms with Gasteiger partial charge in [0.1, 0.15) is 0 Å². The molecule has 0 spiro atoms. The standard InChI is InChI=1S/C33H43N5O6S/c1-6-19-15(2)23(35-32(19)44)11-22-16(3)20(7-9-28(39)40)25(34-22)13-33-21(8-10-29(41)42)17(4)26(38(33)37-33)12-24-30(27-14-45-27)18(5)31(43)36-24/h6,12-13,15,18,22-24,27,30,34-35,37,44H,1,7-11,14H2,2-5H3,(H,36,43)(H,39,40)(H,41,42)/p+1/b25-13-,26-12+/t15?,18-,22?,23-,24?,27-,30-,33+,38?/m1/s1. The van der Waals surface area contributed by atoms with Gasteiger partial charge in [0.25, 0.3) is 0 Å². The molecular formula is C33H44N5O6S+. The van der Waals surface area contributed by atoms with E-state index in [2.05, 4.69) is 52.0 Å². The predicted octanol–water partition coefficient (Wildman–Crippen LogP) is 2.52. The van der Waals surface area contributed by atoms with Gasteiger partial charge in [-0.25, -0.2) is 0 Å². The van der Waals surface area contributed by atoms with Crippen LogP contribution in [0.3, 0.4) is 0 Å². The zero-order valence-electron chi connectivity index (χ0n) is 26.2. The van der Waals surface area contributed by atoms with E-state index in [9.17, 15) is 29.7 Å². The van der Waals surface area contributed by atoms with Crippen LogP contribution >= 0.6 is 0 Å². The number of rotatable bonds is 12. The zero-order valence-corrected chi connectivity index (χ0v) is 27.1. The van der Waals surface area contributed by atoms with E-state index in [1.165, 1.54) is 11.8 Å². The summed E-state index contributed by atoms with van der Waals surface area (Å²) in [6, 6.07) is -0.216. The molecule has 6 aliphatic rings. The van der Waals surface area contributed by atoms with Crippen LogP contribution in [-0.2, 0) is 26.1 Å². The Morgan fingerprint density at radius 3 is 2.40 bits per heavy atom. The van der Waals surface area contributed by atoms with Crippen molar-refractivity contribution >= 4 is 29.6 Å². The molecule has 7 N–H and O–H groups in total. The summed E-state index contributed by atoms with van der Waals surface area (Å²) in [5.41, 5.74) is 9.28. The smallest absolute Gasteiger partial charge is 0.303 e. The molecule has 1 amide bonds. The maximum atomic E-state index is 12.7. The Labute approximate surface area is 267 Å². The van der Waals surface area contributed by atoms with Crippen molar-refractivity contribution in [2.24, 2.45) is 17.8 Å². The third kappa shape index (κ3) is 5.56. The van der Waals surface area contributed by atoms with E-state index in [1.54, 1.807) is 6.08 Å². The number of hydrazine groups is 1. The van der Waals surface area contributed by atoms with E-state index in [0.29, 0.717) is 24.5 Å². The van der Waals surface area contributed by atoms with Gasteiger partial charge in [0, 0.05) is 53.9 Å². The van der Waals surface area contributed by atoms with Crippen LogP contribution in [0.4, 0.5) is 0 Å². The molecule has 0 aliphatic carbocycles. The van der Waals surface area contributed by atoms with Crippen LogP contribution in [0.1, 0.15) is 59.8 Å². The molecule has 45 heavy (non-hydrogen) atoms. The number of amides is 1. The van der Waals surface area contributed by atoms with Gasteiger partial charge in [0.05, 0.1) is 11.7 Å². The van der Waals surface area contributed by atoms with Crippen molar-refractivity contribution in [1.29, 1.82) is 0 Å². The van der Waals surface area contributed by atoms with Gasteiger partial charge in [-0.3, -0.25) is 19.4 Å². The number of carboxylic acid groups (broad SMARTS) is 2. The topological polar surface area (TPSA) is 173 Å². The Kier molecular flexibility index (Phi) is 8.09. The summed E-state index contributed by atoms with van der Waals surface area (Å²) in [5, 5.41) is 42.1. The first-order chi connectivity index (χ1) is 21.4. The Bertz CT molecular complexity index is 1510. The van der Waals surface area contributed by atoms with Crippen LogP contribution in [0, 0.1) is 17.8 Å². The Morgan fingerprint density at radius 1 is 1.09 bits per heavy atom. The summed E-state index contributed by atoms with van der Waals surface area (Å²) < 4.78 is 0. The van der Waals surface area contributed by atoms with Crippen molar-refractivity contribution in [3.05, 3.63) is 69.9 Å². The van der Waals surface area contributed by atoms with E-state index < -0.39 is 17.6 Å². The van der Waals surface area contributed by atoms with E-state index in [4.69, 9.17) is 0 Å². The highest BCUT2D eigenvalue weighted by molar-refractivity contribution is 7.86. The van der Waals surface area contributed by atoms with Gasteiger partial charge in [-0.05, 0) is 79.3 Å². The number of allylic oxidation sites excluding steroid dienone is 3. The lowest BCUT2D eigenvalue weighted by atomic mass is 9.88. The SMILES string of the molecule is C=CC1=C(O)N[C@H](CC2N/C(=C\[C@]34NN3/C(=C/C3NC(=O)[C@H](C)[C@H]3[C@H]3C[SH+]3)C(C)=C4CCC(=O)O)C(CCC(=O)O)=C2C)C1C. The van der Waals surface area contributed by atoms with Crippen molar-refractivity contribution in [3.63, 3.8) is 0 Å². The molecule has 0 aromatic heterocycles. The van der Waals surface area contributed by atoms with Gasteiger partial charge >= 0.3 is 11.9 Å². The van der Waals surface area contributed by atoms with Crippen molar-refractivity contribution in [3.8, 4) is 0 Å². The molecule has 6 aliphatic heterocycles. The number of nitrogens with zero attached hydrogens (tertiary/aromatic N) is 1. The molecule has 6 heterocycles. The van der Waals surface area contributed by atoms with Crippen LogP contribution in [0.25, 0.3) is 0 Å². The minimum absolute atomic E-state index is 0.0169. The summed E-state index contributed by atoms with van der Waals surface area (Å²) in [6.07, 6.45) is 7.22. The number of fused-ring (bicyclic) bond motifs is 1. The molecule has 0 saturated carbocycles. The van der Waals surface area contributed by atoms with Gasteiger partial charge in [-0.2, -0.15) is 5.43 Å². The fourth-order valence-corrected chi connectivity index (χ4v) is 8.89. The van der Waals surface area contributed by atoms with Gasteiger partial charge in [-0.15, -0.1) is 0 Å². The molecule has 0 radical (unpaired) electrons. The van der Waals surface area contributed by atoms with Crippen molar-refractivity contribution in [2.75, 3.05) is 5.75 Å². The molecule has 0 aromatic carbocycles. The number of carboxylic acids is 2. The van der Waals surface area contributed by atoms with Crippen molar-refractivity contribution < 1.29 is 29.7 Å². The normalized spacial score (nSPS) is 36.9. The fraction of sp³-hybridized carbons (Fsp3) is 0.545. The Hall–Kier alpha value is -3.64. The second-order valence-electron chi connectivity index (χ2n) is 13.2. The monoisotopic (exact) mass is 638 g/mol. The summed E-state index contributed by atoms with van der Waals surface area (Å²) in [4.78, 5) is 36.0. The zero-order chi connectivity index (χ0) is 32.4. The average Bonchev–Trinajstić information content (AvgIpc) is 3.84. The number of nitrogens with one attached hydrogen (secondary N) is 4.